The van der Waals surface area contributed by atoms with Gasteiger partial charge in [-0.2, -0.15) is 0 Å². The molecule has 1 rings (SSSR count). The molecule has 0 aromatic carbocycles. The van der Waals surface area contributed by atoms with Crippen molar-refractivity contribution in [3.05, 3.63) is 0 Å². The van der Waals surface area contributed by atoms with Gasteiger partial charge in [0.05, 0.1) is 5.41 Å². The SMILES string of the molecule is CCC(C)(CN)C(=O)NC1CCCN(C)C1. The first-order valence-corrected chi connectivity index (χ1v) is 6.21. The first-order valence-electron chi connectivity index (χ1n) is 6.21. The molecular formula is C12H25N3O. The highest BCUT2D eigenvalue weighted by Crippen LogP contribution is 2.20. The maximum Gasteiger partial charge on any atom is 0.227 e. The normalized spacial score (nSPS) is 26.1. The number of carbonyl (C=O) groups is 1. The molecule has 94 valence electrons. The van der Waals surface area contributed by atoms with Gasteiger partial charge in [-0.15, -0.1) is 0 Å². The van der Waals surface area contributed by atoms with Gasteiger partial charge in [-0.05, 0) is 39.8 Å². The highest BCUT2D eigenvalue weighted by molar-refractivity contribution is 5.82. The topological polar surface area (TPSA) is 58.4 Å². The fraction of sp³-hybridized carbons (Fsp3) is 0.917. The average Bonchev–Trinajstić information content (AvgIpc) is 2.28. The summed E-state index contributed by atoms with van der Waals surface area (Å²) < 4.78 is 0. The van der Waals surface area contributed by atoms with E-state index in [4.69, 9.17) is 5.73 Å². The van der Waals surface area contributed by atoms with Crippen LogP contribution < -0.4 is 11.1 Å². The van der Waals surface area contributed by atoms with Gasteiger partial charge in [0.25, 0.3) is 0 Å². The first kappa shape index (κ1) is 13.5. The van der Waals surface area contributed by atoms with Crippen molar-refractivity contribution in [1.29, 1.82) is 0 Å². The first-order chi connectivity index (χ1) is 7.51. The summed E-state index contributed by atoms with van der Waals surface area (Å²) in [6, 6.07) is 0.295. The Labute approximate surface area is 98.6 Å². The van der Waals surface area contributed by atoms with Crippen LogP contribution in [0.1, 0.15) is 33.1 Å². The van der Waals surface area contributed by atoms with Gasteiger partial charge in [-0.25, -0.2) is 0 Å². The highest BCUT2D eigenvalue weighted by Gasteiger charge is 2.31. The van der Waals surface area contributed by atoms with Crippen LogP contribution in [-0.4, -0.2) is 43.5 Å². The van der Waals surface area contributed by atoms with Crippen molar-refractivity contribution in [1.82, 2.24) is 10.2 Å². The molecule has 4 nitrogen and oxygen atoms in total. The Kier molecular flexibility index (Phi) is 4.74. The van der Waals surface area contributed by atoms with Crippen molar-refractivity contribution in [3.63, 3.8) is 0 Å². The number of amides is 1. The van der Waals surface area contributed by atoms with Crippen molar-refractivity contribution in [2.24, 2.45) is 11.1 Å². The van der Waals surface area contributed by atoms with Crippen LogP contribution in [-0.2, 0) is 4.79 Å². The Bertz CT molecular complexity index is 238. The second-order valence-electron chi connectivity index (χ2n) is 5.19. The molecule has 1 saturated heterocycles. The molecule has 0 saturated carbocycles. The second-order valence-corrected chi connectivity index (χ2v) is 5.19. The third kappa shape index (κ3) is 3.19. The molecule has 0 aromatic heterocycles. The van der Waals surface area contributed by atoms with E-state index in [0.717, 1.165) is 32.4 Å². The zero-order valence-corrected chi connectivity index (χ0v) is 10.8. The van der Waals surface area contributed by atoms with Gasteiger partial charge in [-0.3, -0.25) is 4.79 Å². The van der Waals surface area contributed by atoms with Gasteiger partial charge < -0.3 is 16.0 Å². The van der Waals surface area contributed by atoms with Crippen LogP contribution in [0.5, 0.6) is 0 Å². The van der Waals surface area contributed by atoms with Crippen molar-refractivity contribution in [3.8, 4) is 0 Å². The lowest BCUT2D eigenvalue weighted by atomic mass is 9.86. The van der Waals surface area contributed by atoms with Crippen LogP contribution in [0, 0.1) is 5.41 Å². The molecule has 0 spiro atoms. The van der Waals surface area contributed by atoms with Crippen LogP contribution in [0.4, 0.5) is 0 Å². The maximum atomic E-state index is 12.1. The summed E-state index contributed by atoms with van der Waals surface area (Å²) in [4.78, 5) is 14.4. The summed E-state index contributed by atoms with van der Waals surface area (Å²) in [5.41, 5.74) is 5.27. The molecule has 1 aliphatic heterocycles. The molecule has 1 fully saturated rings. The number of carbonyl (C=O) groups excluding carboxylic acids is 1. The number of nitrogens with zero attached hydrogens (tertiary/aromatic N) is 1. The molecule has 0 bridgehead atoms. The van der Waals surface area contributed by atoms with E-state index < -0.39 is 5.41 Å². The van der Waals surface area contributed by atoms with Crippen molar-refractivity contribution in [2.75, 3.05) is 26.7 Å². The number of piperidine rings is 1. The van der Waals surface area contributed by atoms with Gasteiger partial charge in [-0.1, -0.05) is 6.92 Å². The van der Waals surface area contributed by atoms with E-state index in [0.29, 0.717) is 12.6 Å². The Morgan fingerprint density at radius 1 is 1.62 bits per heavy atom. The fourth-order valence-corrected chi connectivity index (χ4v) is 2.04. The zero-order valence-electron chi connectivity index (χ0n) is 10.8. The molecule has 3 N–H and O–H groups in total. The van der Waals surface area contributed by atoms with Crippen LogP contribution in [0.2, 0.25) is 0 Å². The lowest BCUT2D eigenvalue weighted by Gasteiger charge is -2.33. The predicted octanol–water partition coefficient (Wildman–Crippen LogP) is 0.572. The summed E-state index contributed by atoms with van der Waals surface area (Å²) in [6.07, 6.45) is 3.03. The molecule has 16 heavy (non-hydrogen) atoms. The van der Waals surface area contributed by atoms with Gasteiger partial charge in [0, 0.05) is 19.1 Å². The number of hydrogen-bond donors (Lipinski definition) is 2. The highest BCUT2D eigenvalue weighted by atomic mass is 16.2. The summed E-state index contributed by atoms with van der Waals surface area (Å²) in [7, 11) is 2.10. The molecule has 0 aromatic rings. The fourth-order valence-electron chi connectivity index (χ4n) is 2.04. The third-order valence-corrected chi connectivity index (χ3v) is 3.74. The standard InChI is InChI=1S/C12H25N3O/c1-4-12(2,9-13)11(16)14-10-6-5-7-15(3)8-10/h10H,4-9,13H2,1-3H3,(H,14,16). The second kappa shape index (κ2) is 5.64. The summed E-state index contributed by atoms with van der Waals surface area (Å²) in [5, 5.41) is 3.13. The summed E-state index contributed by atoms with van der Waals surface area (Å²) >= 11 is 0. The zero-order chi connectivity index (χ0) is 12.2. The number of likely N-dealkylation sites (tertiary alicyclic amines) is 1. The van der Waals surface area contributed by atoms with Gasteiger partial charge >= 0.3 is 0 Å². The molecular weight excluding hydrogens is 202 g/mol. The Balaban J connectivity index is 2.50. The Hall–Kier alpha value is -0.610. The minimum absolute atomic E-state index is 0.109. The largest absolute Gasteiger partial charge is 0.352 e. The van der Waals surface area contributed by atoms with E-state index in [9.17, 15) is 4.79 Å². The van der Waals surface area contributed by atoms with E-state index in [-0.39, 0.29) is 5.91 Å². The van der Waals surface area contributed by atoms with Crippen LogP contribution >= 0.6 is 0 Å². The van der Waals surface area contributed by atoms with E-state index in [1.54, 1.807) is 0 Å². The molecule has 1 amide bonds. The minimum Gasteiger partial charge on any atom is -0.352 e. The lowest BCUT2D eigenvalue weighted by molar-refractivity contribution is -0.131. The van der Waals surface area contributed by atoms with E-state index in [1.165, 1.54) is 0 Å². The lowest BCUT2D eigenvalue weighted by Crippen LogP contribution is -2.52. The molecule has 2 atom stereocenters. The van der Waals surface area contributed by atoms with Gasteiger partial charge in [0.1, 0.15) is 0 Å². The van der Waals surface area contributed by atoms with Crippen molar-refractivity contribution >= 4 is 5.91 Å². The van der Waals surface area contributed by atoms with Crippen molar-refractivity contribution in [2.45, 2.75) is 39.2 Å². The number of rotatable bonds is 4. The van der Waals surface area contributed by atoms with Gasteiger partial charge in [0.15, 0.2) is 0 Å². The molecule has 1 heterocycles. The number of nitrogens with two attached hydrogens (primary N) is 1. The Morgan fingerprint density at radius 2 is 2.31 bits per heavy atom. The minimum atomic E-state index is -0.407. The van der Waals surface area contributed by atoms with Crippen LogP contribution in [0.3, 0.4) is 0 Å². The molecule has 1 aliphatic rings. The summed E-state index contributed by atoms with van der Waals surface area (Å²) in [5.74, 6) is 0.109. The summed E-state index contributed by atoms with van der Waals surface area (Å²) in [6.45, 7) is 6.45. The predicted molar refractivity (Wildman–Crippen MR) is 66.1 cm³/mol. The third-order valence-electron chi connectivity index (χ3n) is 3.74. The quantitative estimate of drug-likeness (QED) is 0.738. The van der Waals surface area contributed by atoms with Crippen LogP contribution in [0.15, 0.2) is 0 Å². The van der Waals surface area contributed by atoms with Gasteiger partial charge in [0.2, 0.25) is 5.91 Å². The van der Waals surface area contributed by atoms with E-state index >= 15 is 0 Å². The number of nitrogens with one attached hydrogen (secondary N) is 1. The monoisotopic (exact) mass is 227 g/mol. The molecule has 4 heteroatoms. The average molecular weight is 227 g/mol. The van der Waals surface area contributed by atoms with E-state index in [2.05, 4.69) is 17.3 Å². The molecule has 0 radical (unpaired) electrons. The maximum absolute atomic E-state index is 12.1. The smallest absolute Gasteiger partial charge is 0.227 e. The molecule has 2 unspecified atom stereocenters. The Morgan fingerprint density at radius 3 is 2.81 bits per heavy atom. The van der Waals surface area contributed by atoms with Crippen LogP contribution in [0.25, 0.3) is 0 Å². The molecule has 0 aliphatic carbocycles. The van der Waals surface area contributed by atoms with E-state index in [1.807, 2.05) is 13.8 Å². The number of hydrogen-bond acceptors (Lipinski definition) is 3. The number of likely N-dealkylation sites (N-methyl/N-ethyl adjacent to an activating group) is 1. The van der Waals surface area contributed by atoms with Crippen molar-refractivity contribution < 1.29 is 4.79 Å².